The van der Waals surface area contributed by atoms with Gasteiger partial charge in [0.15, 0.2) is 4.34 Å². The largest absolute Gasteiger partial charge is 0.305 e. The first-order valence-corrected chi connectivity index (χ1v) is 8.65. The van der Waals surface area contributed by atoms with Crippen LogP contribution in [0.5, 0.6) is 0 Å². The van der Waals surface area contributed by atoms with Gasteiger partial charge in [-0.2, -0.15) is 0 Å². The molecular formula is C13H10N2OS3. The summed E-state index contributed by atoms with van der Waals surface area (Å²) in [5.41, 5.74) is 1.05. The van der Waals surface area contributed by atoms with Gasteiger partial charge in [-0.25, -0.2) is 4.98 Å². The summed E-state index contributed by atoms with van der Waals surface area (Å²) in [6.45, 7) is 0. The molecule has 1 fully saturated rings. The fourth-order valence-corrected chi connectivity index (χ4v) is 5.59. The number of carbonyl (C=O) groups is 1. The third-order valence-electron chi connectivity index (χ3n) is 3.14. The van der Waals surface area contributed by atoms with Crippen LogP contribution in [0.2, 0.25) is 0 Å². The van der Waals surface area contributed by atoms with Gasteiger partial charge in [0.05, 0.1) is 22.0 Å². The van der Waals surface area contributed by atoms with Crippen molar-refractivity contribution in [1.82, 2.24) is 9.88 Å². The maximum Gasteiger partial charge on any atom is 0.230 e. The zero-order valence-corrected chi connectivity index (χ0v) is 12.4. The second-order valence-electron chi connectivity index (χ2n) is 4.42. The highest BCUT2D eigenvalue weighted by Crippen LogP contribution is 2.42. The summed E-state index contributed by atoms with van der Waals surface area (Å²) in [4.78, 5) is 19.1. The molecule has 0 radical (unpaired) electrons. The van der Waals surface area contributed by atoms with Crippen molar-refractivity contribution >= 4 is 51.0 Å². The van der Waals surface area contributed by atoms with E-state index in [-0.39, 0.29) is 5.91 Å². The number of fused-ring (bicyclic) bond motifs is 2. The number of nitrogens with zero attached hydrogens (tertiary/aromatic N) is 2. The quantitative estimate of drug-likeness (QED) is 0.795. The Balaban J connectivity index is 1.59. The second kappa shape index (κ2) is 4.54. The van der Waals surface area contributed by atoms with E-state index in [9.17, 15) is 4.79 Å². The zero-order chi connectivity index (χ0) is 12.8. The van der Waals surface area contributed by atoms with Gasteiger partial charge < -0.3 is 4.90 Å². The first-order valence-electron chi connectivity index (χ1n) is 5.96. The molecule has 0 N–H and O–H groups in total. The van der Waals surface area contributed by atoms with Crippen LogP contribution in [0, 0.1) is 0 Å². The molecule has 0 aliphatic carbocycles. The Hall–Kier alpha value is -0.980. The zero-order valence-electron chi connectivity index (χ0n) is 9.91. The summed E-state index contributed by atoms with van der Waals surface area (Å²) in [5.74, 6) is 1.22. The normalized spacial score (nSPS) is 22.1. The number of para-hydroxylation sites is 1. The van der Waals surface area contributed by atoms with Crippen LogP contribution in [-0.2, 0) is 4.79 Å². The van der Waals surface area contributed by atoms with E-state index < -0.39 is 0 Å². The molecule has 2 aliphatic heterocycles. The van der Waals surface area contributed by atoms with Crippen LogP contribution in [0.3, 0.4) is 0 Å². The molecule has 3 heterocycles. The predicted molar refractivity (Wildman–Crippen MR) is 81.3 cm³/mol. The number of aromatic nitrogens is 1. The lowest BCUT2D eigenvalue weighted by Crippen LogP contribution is -2.48. The van der Waals surface area contributed by atoms with Gasteiger partial charge in [0.25, 0.3) is 0 Å². The van der Waals surface area contributed by atoms with Gasteiger partial charge in [-0.15, -0.1) is 23.1 Å². The maximum absolute atomic E-state index is 11.4. The molecule has 2 aliphatic rings. The van der Waals surface area contributed by atoms with Crippen LogP contribution in [-0.4, -0.2) is 26.9 Å². The van der Waals surface area contributed by atoms with Crippen molar-refractivity contribution in [3.63, 3.8) is 0 Å². The Morgan fingerprint density at radius 3 is 3.11 bits per heavy atom. The SMILES string of the molecule is O=C1C[C@H]2SCC(Sc3nc4ccccc4s3)=CN12. The van der Waals surface area contributed by atoms with Crippen molar-refractivity contribution in [3.05, 3.63) is 35.4 Å². The molecule has 96 valence electrons. The summed E-state index contributed by atoms with van der Waals surface area (Å²) in [5, 5.41) is 0.382. The average Bonchev–Trinajstić information content (AvgIpc) is 2.81. The van der Waals surface area contributed by atoms with Gasteiger partial charge >= 0.3 is 0 Å². The molecule has 1 atom stereocenters. The van der Waals surface area contributed by atoms with E-state index in [4.69, 9.17) is 0 Å². The number of hydrogen-bond donors (Lipinski definition) is 0. The molecule has 2 aromatic rings. The number of β-lactam (4-membered cyclic amide) rings is 1. The molecule has 6 heteroatoms. The molecule has 1 aromatic carbocycles. The van der Waals surface area contributed by atoms with E-state index in [0.29, 0.717) is 11.8 Å². The van der Waals surface area contributed by atoms with E-state index in [0.717, 1.165) is 15.6 Å². The highest BCUT2D eigenvalue weighted by molar-refractivity contribution is 8.07. The molecule has 0 saturated carbocycles. The fraction of sp³-hybridized carbons (Fsp3) is 0.231. The fourth-order valence-electron chi connectivity index (χ4n) is 2.13. The smallest absolute Gasteiger partial charge is 0.230 e. The van der Waals surface area contributed by atoms with Crippen molar-refractivity contribution in [2.24, 2.45) is 0 Å². The summed E-state index contributed by atoms with van der Waals surface area (Å²) in [6, 6.07) is 8.18. The topological polar surface area (TPSA) is 33.2 Å². The van der Waals surface area contributed by atoms with Crippen LogP contribution < -0.4 is 0 Å². The lowest BCUT2D eigenvalue weighted by molar-refractivity contribution is -0.137. The predicted octanol–water partition coefficient (Wildman–Crippen LogP) is 3.54. The van der Waals surface area contributed by atoms with Gasteiger partial charge in [0, 0.05) is 16.9 Å². The van der Waals surface area contributed by atoms with Crippen molar-refractivity contribution < 1.29 is 4.79 Å². The third kappa shape index (κ3) is 2.07. The molecule has 1 aromatic heterocycles. The van der Waals surface area contributed by atoms with E-state index in [1.807, 2.05) is 41.1 Å². The molecular weight excluding hydrogens is 296 g/mol. The number of thioether (sulfide) groups is 2. The number of rotatable bonds is 2. The Kier molecular flexibility index (Phi) is 2.82. The van der Waals surface area contributed by atoms with Gasteiger partial charge in [-0.05, 0) is 12.1 Å². The molecule has 4 rings (SSSR count). The summed E-state index contributed by atoms with van der Waals surface area (Å²) >= 11 is 5.24. The van der Waals surface area contributed by atoms with Crippen LogP contribution in [0.1, 0.15) is 6.42 Å². The second-order valence-corrected chi connectivity index (χ2v) is 7.99. The third-order valence-corrected chi connectivity index (χ3v) is 6.69. The van der Waals surface area contributed by atoms with Gasteiger partial charge in [0.2, 0.25) is 5.91 Å². The monoisotopic (exact) mass is 306 g/mol. The van der Waals surface area contributed by atoms with E-state index in [2.05, 4.69) is 11.1 Å². The van der Waals surface area contributed by atoms with Crippen LogP contribution >= 0.6 is 34.9 Å². The van der Waals surface area contributed by atoms with Gasteiger partial charge in [-0.1, -0.05) is 23.9 Å². The highest BCUT2D eigenvalue weighted by Gasteiger charge is 2.38. The standard InChI is InChI=1S/C13H10N2OS3/c16-11-5-12-15(11)6-8(7-17-12)18-13-14-9-3-1-2-4-10(9)19-13/h1-4,6,12H,5,7H2/t12-/m1/s1. The van der Waals surface area contributed by atoms with Crippen LogP contribution in [0.15, 0.2) is 39.7 Å². The van der Waals surface area contributed by atoms with Gasteiger partial charge in [-0.3, -0.25) is 4.79 Å². The van der Waals surface area contributed by atoms with Crippen molar-refractivity contribution in [3.8, 4) is 0 Å². The molecule has 0 unspecified atom stereocenters. The summed E-state index contributed by atoms with van der Waals surface area (Å²) in [6.07, 6.45) is 2.70. The first-order chi connectivity index (χ1) is 9.29. The number of amides is 1. The molecule has 1 saturated heterocycles. The number of hydrogen-bond acceptors (Lipinski definition) is 5. The van der Waals surface area contributed by atoms with Crippen molar-refractivity contribution in [2.75, 3.05) is 5.75 Å². The lowest BCUT2D eigenvalue weighted by Gasteiger charge is -2.40. The minimum atomic E-state index is 0.236. The molecule has 0 spiro atoms. The van der Waals surface area contributed by atoms with E-state index in [1.165, 1.54) is 9.61 Å². The Bertz CT molecular complexity index is 661. The van der Waals surface area contributed by atoms with Gasteiger partial charge in [0.1, 0.15) is 0 Å². The number of benzene rings is 1. The molecule has 19 heavy (non-hydrogen) atoms. The van der Waals surface area contributed by atoms with Crippen LogP contribution in [0.25, 0.3) is 10.2 Å². The minimum Gasteiger partial charge on any atom is -0.305 e. The Labute approximate surface area is 123 Å². The minimum absolute atomic E-state index is 0.236. The Morgan fingerprint density at radius 2 is 2.26 bits per heavy atom. The number of carbonyl (C=O) groups excluding carboxylic acids is 1. The van der Waals surface area contributed by atoms with Crippen molar-refractivity contribution in [1.29, 1.82) is 0 Å². The highest BCUT2D eigenvalue weighted by atomic mass is 32.2. The lowest BCUT2D eigenvalue weighted by atomic mass is 10.2. The summed E-state index contributed by atoms with van der Waals surface area (Å²) in [7, 11) is 0. The van der Waals surface area contributed by atoms with E-state index >= 15 is 0 Å². The maximum atomic E-state index is 11.4. The van der Waals surface area contributed by atoms with Crippen LogP contribution in [0.4, 0.5) is 0 Å². The Morgan fingerprint density at radius 1 is 1.37 bits per heavy atom. The molecule has 3 nitrogen and oxygen atoms in total. The average molecular weight is 306 g/mol. The van der Waals surface area contributed by atoms with E-state index in [1.54, 1.807) is 23.1 Å². The summed E-state index contributed by atoms with van der Waals surface area (Å²) < 4.78 is 2.27. The van der Waals surface area contributed by atoms with Crippen molar-refractivity contribution in [2.45, 2.75) is 16.1 Å². The molecule has 0 bridgehead atoms. The number of thiazole rings is 1. The first kappa shape index (κ1) is 11.8. The molecule has 1 amide bonds.